The third kappa shape index (κ3) is 5.16. The van der Waals surface area contributed by atoms with Gasteiger partial charge in [0.15, 0.2) is 0 Å². The van der Waals surface area contributed by atoms with Crippen molar-refractivity contribution >= 4 is 34.9 Å². The fourth-order valence-electron chi connectivity index (χ4n) is 2.31. The number of carbonyl (C=O) groups excluding carboxylic acids is 2. The monoisotopic (exact) mass is 362 g/mol. The molecule has 0 saturated heterocycles. The molecule has 0 unspecified atom stereocenters. The molecule has 0 saturated carbocycles. The van der Waals surface area contributed by atoms with E-state index >= 15 is 0 Å². The predicted octanol–water partition coefficient (Wildman–Crippen LogP) is 4.33. The van der Waals surface area contributed by atoms with Crippen LogP contribution >= 0.6 is 11.3 Å². The maximum atomic E-state index is 12.2. The number of anilines is 1. The second-order valence-electron chi connectivity index (χ2n) is 5.58. The molecule has 130 valence electrons. The van der Waals surface area contributed by atoms with E-state index in [1.807, 2.05) is 47.8 Å². The van der Waals surface area contributed by atoms with Gasteiger partial charge in [0.1, 0.15) is 0 Å². The lowest BCUT2D eigenvalue weighted by Crippen LogP contribution is -2.22. The first-order chi connectivity index (χ1) is 12.7. The SMILES string of the molecule is O=C(/C=C/c1cccs1)Nc1ccc(C(=O)NCc2ccccc2)cc1. The third-order valence-corrected chi connectivity index (χ3v) is 4.49. The zero-order valence-electron chi connectivity index (χ0n) is 14.0. The van der Waals surface area contributed by atoms with Gasteiger partial charge in [0.2, 0.25) is 5.91 Å². The molecule has 0 radical (unpaired) electrons. The van der Waals surface area contributed by atoms with Crippen LogP contribution < -0.4 is 10.6 Å². The summed E-state index contributed by atoms with van der Waals surface area (Å²) in [5.41, 5.74) is 2.24. The van der Waals surface area contributed by atoms with Gasteiger partial charge in [-0.2, -0.15) is 0 Å². The van der Waals surface area contributed by atoms with Crippen LogP contribution in [0.2, 0.25) is 0 Å². The molecule has 0 bridgehead atoms. The Morgan fingerprint density at radius 1 is 0.923 bits per heavy atom. The normalized spacial score (nSPS) is 10.6. The lowest BCUT2D eigenvalue weighted by Gasteiger charge is -2.07. The van der Waals surface area contributed by atoms with Gasteiger partial charge in [0.05, 0.1) is 0 Å². The zero-order chi connectivity index (χ0) is 18.2. The van der Waals surface area contributed by atoms with E-state index in [4.69, 9.17) is 0 Å². The van der Waals surface area contributed by atoms with Crippen molar-refractivity contribution in [2.45, 2.75) is 6.54 Å². The summed E-state index contributed by atoms with van der Waals surface area (Å²) in [7, 11) is 0. The molecule has 2 amide bonds. The van der Waals surface area contributed by atoms with Crippen molar-refractivity contribution in [3.63, 3.8) is 0 Å². The van der Waals surface area contributed by atoms with E-state index < -0.39 is 0 Å². The van der Waals surface area contributed by atoms with Gasteiger partial charge in [0, 0.05) is 28.7 Å². The summed E-state index contributed by atoms with van der Waals surface area (Å²) in [4.78, 5) is 25.1. The highest BCUT2D eigenvalue weighted by molar-refractivity contribution is 7.10. The molecular formula is C21H18N2O2S. The van der Waals surface area contributed by atoms with Crippen molar-refractivity contribution in [1.82, 2.24) is 5.32 Å². The Balaban J connectivity index is 1.52. The Morgan fingerprint density at radius 2 is 1.69 bits per heavy atom. The van der Waals surface area contributed by atoms with Gasteiger partial charge >= 0.3 is 0 Å². The average molecular weight is 362 g/mol. The number of rotatable bonds is 6. The smallest absolute Gasteiger partial charge is 0.251 e. The van der Waals surface area contributed by atoms with E-state index in [2.05, 4.69) is 10.6 Å². The molecule has 2 N–H and O–H groups in total. The lowest BCUT2D eigenvalue weighted by atomic mass is 10.1. The Kier molecular flexibility index (Phi) is 5.96. The number of benzene rings is 2. The van der Waals surface area contributed by atoms with Crippen molar-refractivity contribution in [3.05, 3.63) is 94.2 Å². The highest BCUT2D eigenvalue weighted by Crippen LogP contribution is 2.12. The first-order valence-electron chi connectivity index (χ1n) is 8.15. The fraction of sp³-hybridized carbons (Fsp3) is 0.0476. The van der Waals surface area contributed by atoms with Gasteiger partial charge in [-0.05, 0) is 47.4 Å². The van der Waals surface area contributed by atoms with E-state index in [0.29, 0.717) is 17.8 Å². The van der Waals surface area contributed by atoms with Crippen molar-refractivity contribution in [3.8, 4) is 0 Å². The first kappa shape index (κ1) is 17.6. The number of thiophene rings is 1. The average Bonchev–Trinajstić information content (AvgIpc) is 3.19. The molecule has 3 aromatic rings. The molecule has 0 aliphatic carbocycles. The summed E-state index contributed by atoms with van der Waals surface area (Å²) in [6, 6.07) is 20.4. The van der Waals surface area contributed by atoms with Crippen molar-refractivity contribution < 1.29 is 9.59 Å². The lowest BCUT2D eigenvalue weighted by molar-refractivity contribution is -0.111. The van der Waals surface area contributed by atoms with Gasteiger partial charge < -0.3 is 10.6 Å². The molecule has 3 rings (SSSR count). The van der Waals surface area contributed by atoms with Gasteiger partial charge in [0.25, 0.3) is 5.91 Å². The molecule has 0 aliphatic rings. The molecule has 1 aromatic heterocycles. The summed E-state index contributed by atoms with van der Waals surface area (Å²) >= 11 is 1.57. The second-order valence-corrected chi connectivity index (χ2v) is 6.56. The summed E-state index contributed by atoms with van der Waals surface area (Å²) < 4.78 is 0. The minimum Gasteiger partial charge on any atom is -0.348 e. The Bertz CT molecular complexity index is 886. The molecular weight excluding hydrogens is 344 g/mol. The summed E-state index contributed by atoms with van der Waals surface area (Å²) in [6.07, 6.45) is 3.26. The Morgan fingerprint density at radius 3 is 2.38 bits per heavy atom. The second kappa shape index (κ2) is 8.78. The number of carbonyl (C=O) groups is 2. The number of hydrogen-bond acceptors (Lipinski definition) is 3. The van der Waals surface area contributed by atoms with Crippen molar-refractivity contribution in [2.24, 2.45) is 0 Å². The van der Waals surface area contributed by atoms with Crippen LogP contribution in [0.1, 0.15) is 20.8 Å². The Labute approximate surface area is 156 Å². The molecule has 0 fully saturated rings. The van der Waals surface area contributed by atoms with E-state index in [1.54, 1.807) is 41.7 Å². The van der Waals surface area contributed by atoms with Gasteiger partial charge in [-0.15, -0.1) is 11.3 Å². The van der Waals surface area contributed by atoms with Crippen LogP contribution in [0.4, 0.5) is 5.69 Å². The standard InChI is InChI=1S/C21H18N2O2S/c24-20(13-12-19-7-4-14-26-19)23-18-10-8-17(9-11-18)21(25)22-15-16-5-2-1-3-6-16/h1-14H,15H2,(H,22,25)(H,23,24)/b13-12+. The van der Waals surface area contributed by atoms with Crippen LogP contribution in [-0.2, 0) is 11.3 Å². The third-order valence-electron chi connectivity index (χ3n) is 3.65. The minimum atomic E-state index is -0.209. The molecule has 0 spiro atoms. The Hall–Kier alpha value is -3.18. The molecule has 26 heavy (non-hydrogen) atoms. The highest BCUT2D eigenvalue weighted by Gasteiger charge is 2.06. The summed E-state index contributed by atoms with van der Waals surface area (Å²) in [5, 5.41) is 7.61. The van der Waals surface area contributed by atoms with E-state index in [-0.39, 0.29) is 11.8 Å². The summed E-state index contributed by atoms with van der Waals surface area (Å²) in [5.74, 6) is -0.357. The maximum absolute atomic E-state index is 12.2. The van der Waals surface area contributed by atoms with Gasteiger partial charge in [-0.3, -0.25) is 9.59 Å². The van der Waals surface area contributed by atoms with Crippen LogP contribution in [0.3, 0.4) is 0 Å². The summed E-state index contributed by atoms with van der Waals surface area (Å²) in [6.45, 7) is 0.478. The fourth-order valence-corrected chi connectivity index (χ4v) is 2.93. The van der Waals surface area contributed by atoms with E-state index in [0.717, 1.165) is 10.4 Å². The van der Waals surface area contributed by atoms with Crippen molar-refractivity contribution in [2.75, 3.05) is 5.32 Å². The predicted molar refractivity (Wildman–Crippen MR) is 106 cm³/mol. The number of nitrogens with one attached hydrogen (secondary N) is 2. The van der Waals surface area contributed by atoms with Crippen LogP contribution in [0.15, 0.2) is 78.2 Å². The maximum Gasteiger partial charge on any atom is 0.251 e. The van der Waals surface area contributed by atoms with Gasteiger partial charge in [-0.1, -0.05) is 36.4 Å². The van der Waals surface area contributed by atoms with Crippen molar-refractivity contribution in [1.29, 1.82) is 0 Å². The highest BCUT2D eigenvalue weighted by atomic mass is 32.1. The number of hydrogen-bond donors (Lipinski definition) is 2. The quantitative estimate of drug-likeness (QED) is 0.641. The van der Waals surface area contributed by atoms with E-state index in [1.165, 1.54) is 6.08 Å². The molecule has 5 heteroatoms. The largest absolute Gasteiger partial charge is 0.348 e. The molecule has 1 heterocycles. The molecule has 4 nitrogen and oxygen atoms in total. The van der Waals surface area contributed by atoms with Crippen LogP contribution in [0.5, 0.6) is 0 Å². The first-order valence-corrected chi connectivity index (χ1v) is 9.03. The zero-order valence-corrected chi connectivity index (χ0v) is 14.8. The molecule has 0 atom stereocenters. The molecule has 0 aliphatic heterocycles. The van der Waals surface area contributed by atoms with E-state index in [9.17, 15) is 9.59 Å². The molecule has 2 aromatic carbocycles. The van der Waals surface area contributed by atoms with Crippen LogP contribution in [-0.4, -0.2) is 11.8 Å². The topological polar surface area (TPSA) is 58.2 Å². The van der Waals surface area contributed by atoms with Gasteiger partial charge in [-0.25, -0.2) is 0 Å². The minimum absolute atomic E-state index is 0.149. The van der Waals surface area contributed by atoms with Crippen LogP contribution in [0.25, 0.3) is 6.08 Å². The number of amides is 2. The van der Waals surface area contributed by atoms with Crippen LogP contribution in [0, 0.1) is 0 Å².